The van der Waals surface area contributed by atoms with Crippen LogP contribution in [0.15, 0.2) is 53.4 Å². The van der Waals surface area contributed by atoms with Gasteiger partial charge in [0, 0.05) is 18.7 Å². The minimum absolute atomic E-state index is 0.0204. The van der Waals surface area contributed by atoms with Gasteiger partial charge in [-0.3, -0.25) is 9.10 Å². The van der Waals surface area contributed by atoms with Crippen molar-refractivity contribution in [2.45, 2.75) is 31.7 Å². The Kier molecular flexibility index (Phi) is 5.29. The minimum atomic E-state index is -3.74. The summed E-state index contributed by atoms with van der Waals surface area (Å²) in [4.78, 5) is 12.2. The Bertz CT molecular complexity index is 828. The van der Waals surface area contributed by atoms with Crippen LogP contribution in [0.5, 0.6) is 0 Å². The summed E-state index contributed by atoms with van der Waals surface area (Å²) in [6.07, 6.45) is 0. The van der Waals surface area contributed by atoms with E-state index in [1.54, 1.807) is 24.3 Å². The molecular weight excluding hydrogens is 324 g/mol. The summed E-state index contributed by atoms with van der Waals surface area (Å²) in [5.74, 6) is -0.292. The topological polar surface area (TPSA) is 66.5 Å². The minimum Gasteiger partial charge on any atom is -0.350 e. The Hall–Kier alpha value is -2.34. The molecule has 0 aliphatic carbocycles. The number of carbonyl (C=O) groups is 1. The molecule has 0 saturated heterocycles. The fourth-order valence-electron chi connectivity index (χ4n) is 2.19. The number of sulfonamides is 1. The van der Waals surface area contributed by atoms with Crippen LogP contribution in [0, 0.1) is 6.92 Å². The van der Waals surface area contributed by atoms with Crippen molar-refractivity contribution in [3.63, 3.8) is 0 Å². The van der Waals surface area contributed by atoms with Crippen LogP contribution in [-0.2, 0) is 10.0 Å². The molecule has 0 bridgehead atoms. The van der Waals surface area contributed by atoms with Gasteiger partial charge in [-0.1, -0.05) is 23.8 Å². The van der Waals surface area contributed by atoms with Crippen LogP contribution >= 0.6 is 0 Å². The van der Waals surface area contributed by atoms with Crippen molar-refractivity contribution in [1.82, 2.24) is 5.32 Å². The SMILES string of the molecule is Cc1ccc(N(C)S(=O)(=O)c2cccc(C(=O)NC(C)C)c2)cc1. The molecule has 1 amide bonds. The van der Waals surface area contributed by atoms with Crippen molar-refractivity contribution in [1.29, 1.82) is 0 Å². The molecule has 0 aromatic heterocycles. The first-order valence-corrected chi connectivity index (χ1v) is 9.12. The van der Waals surface area contributed by atoms with Crippen molar-refractivity contribution in [3.8, 4) is 0 Å². The van der Waals surface area contributed by atoms with E-state index in [9.17, 15) is 13.2 Å². The van der Waals surface area contributed by atoms with Crippen LogP contribution in [-0.4, -0.2) is 27.4 Å². The number of benzene rings is 2. The zero-order chi connectivity index (χ0) is 17.9. The molecule has 0 radical (unpaired) electrons. The van der Waals surface area contributed by atoms with Crippen LogP contribution in [0.4, 0.5) is 5.69 Å². The summed E-state index contributed by atoms with van der Waals surface area (Å²) in [5.41, 5.74) is 1.94. The van der Waals surface area contributed by atoms with E-state index in [0.717, 1.165) is 5.56 Å². The summed E-state index contributed by atoms with van der Waals surface area (Å²) in [6.45, 7) is 5.64. The van der Waals surface area contributed by atoms with E-state index < -0.39 is 10.0 Å². The van der Waals surface area contributed by atoms with Crippen LogP contribution in [0.3, 0.4) is 0 Å². The highest BCUT2D eigenvalue weighted by molar-refractivity contribution is 7.92. The van der Waals surface area contributed by atoms with Gasteiger partial charge in [-0.25, -0.2) is 8.42 Å². The average molecular weight is 346 g/mol. The molecule has 0 aliphatic rings. The molecular formula is C18H22N2O3S. The van der Waals surface area contributed by atoms with E-state index in [1.165, 1.54) is 23.5 Å². The number of amides is 1. The summed E-state index contributed by atoms with van der Waals surface area (Å²) >= 11 is 0. The number of aryl methyl sites for hydroxylation is 1. The van der Waals surface area contributed by atoms with E-state index in [-0.39, 0.29) is 16.8 Å². The van der Waals surface area contributed by atoms with E-state index in [1.807, 2.05) is 32.9 Å². The summed E-state index contributed by atoms with van der Waals surface area (Å²) in [7, 11) is -2.24. The molecule has 0 atom stereocenters. The second-order valence-electron chi connectivity index (χ2n) is 5.96. The van der Waals surface area contributed by atoms with Gasteiger partial charge >= 0.3 is 0 Å². The van der Waals surface area contributed by atoms with E-state index in [0.29, 0.717) is 11.3 Å². The summed E-state index contributed by atoms with van der Waals surface area (Å²) in [5, 5.41) is 2.76. The Morgan fingerprint density at radius 1 is 1.08 bits per heavy atom. The number of hydrogen-bond donors (Lipinski definition) is 1. The van der Waals surface area contributed by atoms with Crippen LogP contribution in [0.1, 0.15) is 29.8 Å². The van der Waals surface area contributed by atoms with Crippen molar-refractivity contribution >= 4 is 21.6 Å². The third kappa shape index (κ3) is 3.94. The van der Waals surface area contributed by atoms with E-state index in [2.05, 4.69) is 5.32 Å². The molecule has 0 saturated carbocycles. The zero-order valence-electron chi connectivity index (χ0n) is 14.3. The first kappa shape index (κ1) is 18.0. The van der Waals surface area contributed by atoms with E-state index in [4.69, 9.17) is 0 Å². The zero-order valence-corrected chi connectivity index (χ0v) is 15.1. The molecule has 24 heavy (non-hydrogen) atoms. The van der Waals surface area contributed by atoms with Crippen LogP contribution in [0.2, 0.25) is 0 Å². The fraction of sp³-hybridized carbons (Fsp3) is 0.278. The van der Waals surface area contributed by atoms with Crippen molar-refractivity contribution < 1.29 is 13.2 Å². The standard InChI is InChI=1S/C18H22N2O3S/c1-13(2)19-18(21)15-6-5-7-17(12-15)24(22,23)20(4)16-10-8-14(3)9-11-16/h5-13H,1-4H3,(H,19,21). The molecule has 5 nitrogen and oxygen atoms in total. The number of carbonyl (C=O) groups excluding carboxylic acids is 1. The highest BCUT2D eigenvalue weighted by Gasteiger charge is 2.22. The normalized spacial score (nSPS) is 11.4. The summed E-state index contributed by atoms with van der Waals surface area (Å²) < 4.78 is 26.8. The lowest BCUT2D eigenvalue weighted by atomic mass is 10.2. The molecule has 1 N–H and O–H groups in total. The van der Waals surface area contributed by atoms with Gasteiger partial charge in [-0.05, 0) is 51.1 Å². The predicted molar refractivity (Wildman–Crippen MR) is 95.8 cm³/mol. The average Bonchev–Trinajstić information content (AvgIpc) is 2.54. The molecule has 0 spiro atoms. The monoisotopic (exact) mass is 346 g/mol. The van der Waals surface area contributed by atoms with Gasteiger partial charge in [0.15, 0.2) is 0 Å². The molecule has 128 valence electrons. The number of nitrogens with one attached hydrogen (secondary N) is 1. The van der Waals surface area contributed by atoms with Gasteiger partial charge in [0.05, 0.1) is 10.6 Å². The highest BCUT2D eigenvalue weighted by Crippen LogP contribution is 2.23. The Morgan fingerprint density at radius 3 is 2.29 bits per heavy atom. The second kappa shape index (κ2) is 7.05. The van der Waals surface area contributed by atoms with Crippen molar-refractivity contribution in [2.75, 3.05) is 11.4 Å². The lowest BCUT2D eigenvalue weighted by Gasteiger charge is -2.20. The van der Waals surface area contributed by atoms with Gasteiger partial charge in [-0.15, -0.1) is 0 Å². The van der Waals surface area contributed by atoms with Gasteiger partial charge < -0.3 is 5.32 Å². The molecule has 0 heterocycles. The molecule has 0 fully saturated rings. The van der Waals surface area contributed by atoms with Gasteiger partial charge in [-0.2, -0.15) is 0 Å². The third-order valence-corrected chi connectivity index (χ3v) is 5.35. The third-order valence-electron chi connectivity index (χ3n) is 3.57. The number of rotatable bonds is 5. The molecule has 0 aliphatic heterocycles. The molecule has 2 aromatic rings. The predicted octanol–water partition coefficient (Wildman–Crippen LogP) is 2.96. The maximum atomic E-state index is 12.8. The lowest BCUT2D eigenvalue weighted by molar-refractivity contribution is 0.0943. The van der Waals surface area contributed by atoms with Crippen molar-refractivity contribution in [2.24, 2.45) is 0 Å². The molecule has 6 heteroatoms. The molecule has 2 rings (SSSR count). The second-order valence-corrected chi connectivity index (χ2v) is 7.93. The lowest BCUT2D eigenvalue weighted by Crippen LogP contribution is -2.30. The fourth-order valence-corrected chi connectivity index (χ4v) is 3.44. The Balaban J connectivity index is 2.35. The smallest absolute Gasteiger partial charge is 0.264 e. The van der Waals surface area contributed by atoms with Gasteiger partial charge in [0.25, 0.3) is 15.9 Å². The molecule has 2 aromatic carbocycles. The largest absolute Gasteiger partial charge is 0.350 e. The number of anilines is 1. The maximum absolute atomic E-state index is 12.8. The highest BCUT2D eigenvalue weighted by atomic mass is 32.2. The van der Waals surface area contributed by atoms with Gasteiger partial charge in [0.1, 0.15) is 0 Å². The summed E-state index contributed by atoms with van der Waals surface area (Å²) in [6, 6.07) is 13.3. The maximum Gasteiger partial charge on any atom is 0.264 e. The first-order valence-electron chi connectivity index (χ1n) is 7.68. The molecule has 0 unspecified atom stereocenters. The van der Waals surface area contributed by atoms with E-state index >= 15 is 0 Å². The Labute approximate surface area is 143 Å². The van der Waals surface area contributed by atoms with Crippen molar-refractivity contribution in [3.05, 3.63) is 59.7 Å². The van der Waals surface area contributed by atoms with Crippen LogP contribution in [0.25, 0.3) is 0 Å². The number of hydrogen-bond acceptors (Lipinski definition) is 3. The first-order chi connectivity index (χ1) is 11.2. The van der Waals surface area contributed by atoms with Crippen LogP contribution < -0.4 is 9.62 Å². The van der Waals surface area contributed by atoms with Gasteiger partial charge in [0.2, 0.25) is 0 Å². The Morgan fingerprint density at radius 2 is 1.71 bits per heavy atom. The number of nitrogens with zero attached hydrogens (tertiary/aromatic N) is 1. The quantitative estimate of drug-likeness (QED) is 0.905.